The van der Waals surface area contributed by atoms with Crippen molar-refractivity contribution in [3.63, 3.8) is 0 Å². The van der Waals surface area contributed by atoms with E-state index in [1.165, 1.54) is 6.92 Å². The van der Waals surface area contributed by atoms with Gasteiger partial charge < -0.3 is 29.7 Å². The highest BCUT2D eigenvalue weighted by Crippen LogP contribution is 2.50. The zero-order chi connectivity index (χ0) is 29.4. The molecule has 2 aromatic carbocycles. The van der Waals surface area contributed by atoms with E-state index in [2.05, 4.69) is 10.6 Å². The molecule has 41 heavy (non-hydrogen) atoms. The van der Waals surface area contributed by atoms with Crippen LogP contribution in [-0.4, -0.2) is 69.2 Å². The van der Waals surface area contributed by atoms with Crippen LogP contribution < -0.4 is 30.3 Å². The number of carbonyl (C=O) groups excluding carboxylic acids is 2. The van der Waals surface area contributed by atoms with Gasteiger partial charge in [0.1, 0.15) is 0 Å². The van der Waals surface area contributed by atoms with E-state index in [0.717, 1.165) is 66.1 Å². The number of fused-ring (bicyclic) bond motifs is 3. The van der Waals surface area contributed by atoms with E-state index in [-0.39, 0.29) is 23.3 Å². The third kappa shape index (κ3) is 7.28. The van der Waals surface area contributed by atoms with Crippen LogP contribution in [0.5, 0.6) is 17.2 Å². The quantitative estimate of drug-likeness (QED) is 0.375. The summed E-state index contributed by atoms with van der Waals surface area (Å²) >= 11 is 1.90. The number of hydrogen-bond donors (Lipinski definition) is 2. The van der Waals surface area contributed by atoms with Crippen LogP contribution >= 0.6 is 11.8 Å². The molecule has 1 aliphatic heterocycles. The molecule has 9 nitrogen and oxygen atoms in total. The standard InChI is InChI=1S/C31H41N3O6S/c1-20(35)33-24-11-9-21-18-27(38-2)30(39-3)31(40-4)29(21)22-10-12-25(26(36)19-23(22)24)32-13-7-5-6-8-28(37)34-14-16-41-17-15-34/h10,12,18-19,24H,5-9,11,13-17H2,1-4H3,(H,32,36)(H,33,35)/t24-/m1/s1. The predicted octanol–water partition coefficient (Wildman–Crippen LogP) is 4.41. The number of aryl methyl sites for hydroxylation is 1. The summed E-state index contributed by atoms with van der Waals surface area (Å²) in [4.78, 5) is 39.9. The van der Waals surface area contributed by atoms with Gasteiger partial charge in [-0.2, -0.15) is 11.8 Å². The number of anilines is 1. The number of amides is 2. The Labute approximate surface area is 246 Å². The summed E-state index contributed by atoms with van der Waals surface area (Å²) in [6, 6.07) is 6.94. The van der Waals surface area contributed by atoms with Gasteiger partial charge in [0.2, 0.25) is 23.0 Å². The number of hydrogen-bond acceptors (Lipinski definition) is 8. The zero-order valence-corrected chi connectivity index (χ0v) is 25.3. The first-order valence-electron chi connectivity index (χ1n) is 14.2. The summed E-state index contributed by atoms with van der Waals surface area (Å²) in [5.41, 5.74) is 3.68. The second-order valence-corrected chi connectivity index (χ2v) is 11.6. The molecule has 2 aromatic rings. The molecule has 1 atom stereocenters. The van der Waals surface area contributed by atoms with Gasteiger partial charge in [-0.1, -0.05) is 12.5 Å². The third-order valence-corrected chi connectivity index (χ3v) is 8.61. The maximum absolute atomic E-state index is 13.4. The predicted molar refractivity (Wildman–Crippen MR) is 164 cm³/mol. The fourth-order valence-corrected chi connectivity index (χ4v) is 6.53. The third-order valence-electron chi connectivity index (χ3n) is 7.66. The second kappa shape index (κ2) is 14.5. The number of rotatable bonds is 11. The van der Waals surface area contributed by atoms with E-state index in [1.807, 2.05) is 28.8 Å². The lowest BCUT2D eigenvalue weighted by atomic mass is 9.95. The molecular weight excluding hydrogens is 542 g/mol. The van der Waals surface area contributed by atoms with Gasteiger partial charge in [-0.05, 0) is 60.6 Å². The van der Waals surface area contributed by atoms with Crippen LogP contribution in [0.2, 0.25) is 0 Å². The van der Waals surface area contributed by atoms with Gasteiger partial charge >= 0.3 is 0 Å². The topological polar surface area (TPSA) is 106 Å². The molecular formula is C31H41N3O6S. The molecule has 0 aromatic heterocycles. The van der Waals surface area contributed by atoms with Gasteiger partial charge in [-0.25, -0.2) is 0 Å². The average molecular weight is 584 g/mol. The molecule has 1 heterocycles. The van der Waals surface area contributed by atoms with Gasteiger partial charge in [0.15, 0.2) is 11.5 Å². The van der Waals surface area contributed by atoms with E-state index in [0.29, 0.717) is 48.7 Å². The molecule has 0 bridgehead atoms. The molecule has 0 spiro atoms. The van der Waals surface area contributed by atoms with E-state index in [4.69, 9.17) is 14.2 Å². The highest BCUT2D eigenvalue weighted by molar-refractivity contribution is 7.99. The van der Waals surface area contributed by atoms with Crippen molar-refractivity contribution in [2.75, 3.05) is 57.8 Å². The van der Waals surface area contributed by atoms with Crippen molar-refractivity contribution < 1.29 is 23.8 Å². The number of unbranched alkanes of at least 4 members (excludes halogenated alkanes) is 2. The first-order chi connectivity index (χ1) is 19.9. The van der Waals surface area contributed by atoms with Crippen molar-refractivity contribution in [3.8, 4) is 28.4 Å². The Balaban J connectivity index is 1.56. The highest BCUT2D eigenvalue weighted by Gasteiger charge is 2.29. The summed E-state index contributed by atoms with van der Waals surface area (Å²) in [5.74, 6) is 3.69. The molecule has 2 N–H and O–H groups in total. The van der Waals surface area contributed by atoms with Gasteiger partial charge in [-0.15, -0.1) is 0 Å². The van der Waals surface area contributed by atoms with Crippen molar-refractivity contribution in [2.24, 2.45) is 0 Å². The van der Waals surface area contributed by atoms with Crippen LogP contribution in [0.15, 0.2) is 29.1 Å². The minimum Gasteiger partial charge on any atom is -0.493 e. The molecule has 10 heteroatoms. The van der Waals surface area contributed by atoms with Crippen molar-refractivity contribution in [3.05, 3.63) is 45.6 Å². The largest absolute Gasteiger partial charge is 0.493 e. The number of nitrogens with zero attached hydrogens (tertiary/aromatic N) is 1. The summed E-state index contributed by atoms with van der Waals surface area (Å²) in [7, 11) is 4.74. The molecule has 1 saturated heterocycles. The van der Waals surface area contributed by atoms with Gasteiger partial charge in [0, 0.05) is 50.0 Å². The molecule has 1 fully saturated rings. The van der Waals surface area contributed by atoms with Gasteiger partial charge in [0.25, 0.3) is 0 Å². The lowest BCUT2D eigenvalue weighted by Crippen LogP contribution is -2.37. The van der Waals surface area contributed by atoms with Crippen molar-refractivity contribution in [1.82, 2.24) is 10.2 Å². The number of methoxy groups -OCH3 is 3. The molecule has 2 amide bonds. The second-order valence-electron chi connectivity index (χ2n) is 10.3. The number of ether oxygens (including phenoxy) is 3. The Morgan fingerprint density at radius 2 is 1.76 bits per heavy atom. The number of benzene rings is 1. The lowest BCUT2D eigenvalue weighted by Gasteiger charge is -2.26. The minimum atomic E-state index is -0.347. The summed E-state index contributed by atoms with van der Waals surface area (Å²) in [6.45, 7) is 3.81. The van der Waals surface area contributed by atoms with Crippen molar-refractivity contribution >= 4 is 29.3 Å². The molecule has 0 radical (unpaired) electrons. The normalized spacial score (nSPS) is 16.1. The highest BCUT2D eigenvalue weighted by atomic mass is 32.2. The lowest BCUT2D eigenvalue weighted by molar-refractivity contribution is -0.131. The molecule has 4 rings (SSSR count). The summed E-state index contributed by atoms with van der Waals surface area (Å²) < 4.78 is 17.1. The Morgan fingerprint density at radius 3 is 2.44 bits per heavy atom. The van der Waals surface area contributed by atoms with Crippen LogP contribution in [0.25, 0.3) is 11.1 Å². The van der Waals surface area contributed by atoms with Crippen LogP contribution in [0.4, 0.5) is 5.69 Å². The monoisotopic (exact) mass is 583 g/mol. The Morgan fingerprint density at radius 1 is 1.00 bits per heavy atom. The summed E-state index contributed by atoms with van der Waals surface area (Å²) in [5, 5.41) is 6.33. The van der Waals surface area contributed by atoms with E-state index in [9.17, 15) is 14.4 Å². The molecule has 2 aliphatic rings. The maximum atomic E-state index is 13.4. The van der Waals surface area contributed by atoms with Crippen molar-refractivity contribution in [1.29, 1.82) is 0 Å². The average Bonchev–Trinajstić information content (AvgIpc) is 3.22. The minimum absolute atomic E-state index is 0.150. The van der Waals surface area contributed by atoms with E-state index >= 15 is 0 Å². The Bertz CT molecular complexity index is 1310. The number of thioether (sulfide) groups is 1. The van der Waals surface area contributed by atoms with E-state index in [1.54, 1.807) is 33.5 Å². The molecule has 0 saturated carbocycles. The SMILES string of the molecule is COc1cc2c(c(OC)c1OC)-c1ccc(NCCCCCC(=O)N3CCSCC3)c(=O)cc1[C@H](NC(C)=O)CC2. The fourth-order valence-electron chi connectivity index (χ4n) is 5.63. The smallest absolute Gasteiger partial charge is 0.222 e. The number of carbonyl (C=O) groups is 2. The zero-order valence-electron chi connectivity index (χ0n) is 24.5. The molecule has 0 unspecified atom stereocenters. The van der Waals surface area contributed by atoms with Crippen LogP contribution in [-0.2, 0) is 16.0 Å². The van der Waals surface area contributed by atoms with Crippen LogP contribution in [0.3, 0.4) is 0 Å². The maximum Gasteiger partial charge on any atom is 0.222 e. The van der Waals surface area contributed by atoms with Crippen LogP contribution in [0.1, 0.15) is 56.2 Å². The molecule has 222 valence electrons. The Hall–Kier alpha value is -3.40. The fraction of sp³-hybridized carbons (Fsp3) is 0.516. The first kappa shape index (κ1) is 30.6. The number of nitrogens with one attached hydrogen (secondary N) is 2. The van der Waals surface area contributed by atoms with E-state index < -0.39 is 0 Å². The van der Waals surface area contributed by atoms with Gasteiger partial charge in [-0.3, -0.25) is 14.4 Å². The van der Waals surface area contributed by atoms with Gasteiger partial charge in [0.05, 0.1) is 33.1 Å². The summed E-state index contributed by atoms with van der Waals surface area (Å²) in [6.07, 6.45) is 4.42. The first-order valence-corrected chi connectivity index (χ1v) is 15.4. The molecule has 1 aliphatic carbocycles. The van der Waals surface area contributed by atoms with Crippen LogP contribution in [0, 0.1) is 0 Å². The van der Waals surface area contributed by atoms with Crippen molar-refractivity contribution in [2.45, 2.75) is 51.5 Å². The Kier molecular flexibility index (Phi) is 10.8.